The first-order valence-electron chi connectivity index (χ1n) is 4.76. The van der Waals surface area contributed by atoms with Gasteiger partial charge in [-0.25, -0.2) is 0 Å². The Morgan fingerprint density at radius 1 is 1.43 bits per heavy atom. The Morgan fingerprint density at radius 3 is 2.64 bits per heavy atom. The minimum Gasteiger partial charge on any atom is -0.303 e. The van der Waals surface area contributed by atoms with Crippen molar-refractivity contribution in [2.45, 2.75) is 33.1 Å². The van der Waals surface area contributed by atoms with Crippen LogP contribution < -0.4 is 0 Å². The summed E-state index contributed by atoms with van der Waals surface area (Å²) in [5.74, 6) is 0.292. The highest BCUT2D eigenvalue weighted by Gasteiger charge is 2.11. The molecule has 14 heavy (non-hydrogen) atoms. The summed E-state index contributed by atoms with van der Waals surface area (Å²) >= 11 is 3.57. The fraction of sp³-hybridized carbons (Fsp3) is 0.417. The molecule has 0 saturated carbocycles. The van der Waals surface area contributed by atoms with Gasteiger partial charge in [0.15, 0.2) is 0 Å². The number of aryl methyl sites for hydroxylation is 2. The smallest absolute Gasteiger partial charge is 0.120 e. The van der Waals surface area contributed by atoms with Crippen LogP contribution in [0.2, 0.25) is 0 Å². The third-order valence-corrected chi connectivity index (χ3v) is 3.49. The van der Waals surface area contributed by atoms with E-state index < -0.39 is 0 Å². The molecular weight excluding hydrogens is 240 g/mol. The highest BCUT2D eigenvalue weighted by molar-refractivity contribution is 9.10. The molecule has 76 valence electrons. The average molecular weight is 255 g/mol. The van der Waals surface area contributed by atoms with E-state index in [1.54, 1.807) is 0 Å². The number of rotatable bonds is 3. The van der Waals surface area contributed by atoms with Gasteiger partial charge in [0.2, 0.25) is 0 Å². The summed E-state index contributed by atoms with van der Waals surface area (Å²) in [7, 11) is 0. The first kappa shape index (κ1) is 11.4. The van der Waals surface area contributed by atoms with Crippen molar-refractivity contribution < 1.29 is 4.79 Å². The lowest BCUT2D eigenvalue weighted by molar-refractivity contribution is -0.108. The van der Waals surface area contributed by atoms with E-state index in [1.165, 1.54) is 16.7 Å². The van der Waals surface area contributed by atoms with Crippen LogP contribution in [0.3, 0.4) is 0 Å². The topological polar surface area (TPSA) is 17.1 Å². The molecule has 0 heterocycles. The molecule has 1 unspecified atom stereocenters. The van der Waals surface area contributed by atoms with Gasteiger partial charge in [-0.2, -0.15) is 0 Å². The Balaban J connectivity index is 3.12. The fourth-order valence-electron chi connectivity index (χ4n) is 1.61. The second-order valence-corrected chi connectivity index (χ2v) is 4.58. The molecule has 0 aliphatic carbocycles. The van der Waals surface area contributed by atoms with E-state index in [2.05, 4.69) is 48.8 Å². The lowest BCUT2D eigenvalue weighted by Crippen LogP contribution is -1.98. The van der Waals surface area contributed by atoms with E-state index in [-0.39, 0.29) is 0 Å². The maximum Gasteiger partial charge on any atom is 0.120 e. The van der Waals surface area contributed by atoms with Crippen molar-refractivity contribution in [2.24, 2.45) is 0 Å². The van der Waals surface area contributed by atoms with Crippen molar-refractivity contribution in [3.05, 3.63) is 33.3 Å². The standard InChI is InChI=1S/C12H15BrO/c1-8-6-10(3)12(13)11(7-8)9(2)4-5-14/h5-7,9H,4H2,1-3H3. The lowest BCUT2D eigenvalue weighted by atomic mass is 9.95. The Bertz CT molecular complexity index is 344. The Labute approximate surface area is 93.7 Å². The van der Waals surface area contributed by atoms with Crippen LogP contribution in [0, 0.1) is 13.8 Å². The SMILES string of the molecule is Cc1cc(C)c(Br)c(C(C)CC=O)c1. The van der Waals surface area contributed by atoms with E-state index in [9.17, 15) is 4.79 Å². The summed E-state index contributed by atoms with van der Waals surface area (Å²) < 4.78 is 1.14. The maximum absolute atomic E-state index is 10.5. The highest BCUT2D eigenvalue weighted by Crippen LogP contribution is 2.30. The fourth-order valence-corrected chi connectivity index (χ4v) is 2.23. The normalized spacial score (nSPS) is 12.6. The third-order valence-electron chi connectivity index (χ3n) is 2.41. The summed E-state index contributed by atoms with van der Waals surface area (Å²) in [6.45, 7) is 6.23. The van der Waals surface area contributed by atoms with Gasteiger partial charge >= 0.3 is 0 Å². The molecule has 0 aliphatic rings. The van der Waals surface area contributed by atoms with Crippen LogP contribution in [0.25, 0.3) is 0 Å². The molecule has 0 radical (unpaired) electrons. The van der Waals surface area contributed by atoms with Crippen molar-refractivity contribution in [3.63, 3.8) is 0 Å². The summed E-state index contributed by atoms with van der Waals surface area (Å²) in [5, 5.41) is 0. The molecule has 1 aromatic carbocycles. The number of hydrogen-bond donors (Lipinski definition) is 0. The minimum atomic E-state index is 0.292. The average Bonchev–Trinajstić information content (AvgIpc) is 2.11. The van der Waals surface area contributed by atoms with Gasteiger partial charge in [0.1, 0.15) is 6.29 Å². The van der Waals surface area contributed by atoms with E-state index in [1.807, 2.05) is 0 Å². The number of benzene rings is 1. The molecular formula is C12H15BrO. The largest absolute Gasteiger partial charge is 0.303 e. The van der Waals surface area contributed by atoms with Gasteiger partial charge in [-0.3, -0.25) is 0 Å². The summed E-state index contributed by atoms with van der Waals surface area (Å²) in [4.78, 5) is 10.5. The van der Waals surface area contributed by atoms with Gasteiger partial charge in [0.05, 0.1) is 0 Å². The molecule has 0 aromatic heterocycles. The molecule has 1 aromatic rings. The first-order valence-corrected chi connectivity index (χ1v) is 5.55. The third kappa shape index (κ3) is 2.44. The molecule has 0 amide bonds. The number of halogens is 1. The second-order valence-electron chi connectivity index (χ2n) is 3.79. The monoisotopic (exact) mass is 254 g/mol. The van der Waals surface area contributed by atoms with Gasteiger partial charge < -0.3 is 4.79 Å². The molecule has 2 heteroatoms. The molecule has 0 fully saturated rings. The molecule has 0 bridgehead atoms. The van der Waals surface area contributed by atoms with Crippen LogP contribution in [-0.2, 0) is 4.79 Å². The second kappa shape index (κ2) is 4.74. The zero-order valence-corrected chi connectivity index (χ0v) is 10.4. The molecule has 0 spiro atoms. The van der Waals surface area contributed by atoms with Crippen molar-refractivity contribution in [2.75, 3.05) is 0 Å². The van der Waals surface area contributed by atoms with E-state index in [0.29, 0.717) is 12.3 Å². The quantitative estimate of drug-likeness (QED) is 0.751. The van der Waals surface area contributed by atoms with Crippen molar-refractivity contribution in [3.8, 4) is 0 Å². The van der Waals surface area contributed by atoms with Crippen molar-refractivity contribution >= 4 is 22.2 Å². The number of carbonyl (C=O) groups is 1. The van der Waals surface area contributed by atoms with Gasteiger partial charge in [-0.15, -0.1) is 0 Å². The van der Waals surface area contributed by atoms with Gasteiger partial charge in [0.25, 0.3) is 0 Å². The zero-order valence-electron chi connectivity index (χ0n) is 8.80. The molecule has 0 N–H and O–H groups in total. The number of hydrogen-bond acceptors (Lipinski definition) is 1. The van der Waals surface area contributed by atoms with Crippen LogP contribution >= 0.6 is 15.9 Å². The summed E-state index contributed by atoms with van der Waals surface area (Å²) in [6, 6.07) is 4.28. The van der Waals surface area contributed by atoms with Crippen LogP contribution in [0.5, 0.6) is 0 Å². The number of carbonyl (C=O) groups excluding carboxylic acids is 1. The number of aldehydes is 1. The predicted octanol–water partition coefficient (Wildman–Crippen LogP) is 3.76. The summed E-state index contributed by atoms with van der Waals surface area (Å²) in [6.07, 6.45) is 1.57. The molecule has 0 saturated heterocycles. The minimum absolute atomic E-state index is 0.292. The Morgan fingerprint density at radius 2 is 2.07 bits per heavy atom. The van der Waals surface area contributed by atoms with E-state index in [4.69, 9.17) is 0 Å². The van der Waals surface area contributed by atoms with Gasteiger partial charge in [0, 0.05) is 10.9 Å². The van der Waals surface area contributed by atoms with Crippen LogP contribution in [0.15, 0.2) is 16.6 Å². The maximum atomic E-state index is 10.5. The molecule has 0 aliphatic heterocycles. The Kier molecular flexibility index (Phi) is 3.87. The van der Waals surface area contributed by atoms with E-state index in [0.717, 1.165) is 10.8 Å². The van der Waals surface area contributed by atoms with Gasteiger partial charge in [-0.05, 0) is 30.9 Å². The van der Waals surface area contributed by atoms with E-state index >= 15 is 0 Å². The molecule has 1 rings (SSSR count). The highest BCUT2D eigenvalue weighted by atomic mass is 79.9. The molecule has 1 atom stereocenters. The molecule has 1 nitrogen and oxygen atoms in total. The zero-order chi connectivity index (χ0) is 10.7. The predicted molar refractivity (Wildman–Crippen MR) is 62.7 cm³/mol. The Hall–Kier alpha value is -0.630. The van der Waals surface area contributed by atoms with Gasteiger partial charge in [-0.1, -0.05) is 40.5 Å². The van der Waals surface area contributed by atoms with Crippen LogP contribution in [0.1, 0.15) is 36.0 Å². The summed E-state index contributed by atoms with van der Waals surface area (Å²) in [5.41, 5.74) is 3.71. The van der Waals surface area contributed by atoms with Crippen molar-refractivity contribution in [1.82, 2.24) is 0 Å². The van der Waals surface area contributed by atoms with Crippen LogP contribution in [-0.4, -0.2) is 6.29 Å². The van der Waals surface area contributed by atoms with Crippen LogP contribution in [0.4, 0.5) is 0 Å². The first-order chi connectivity index (χ1) is 6.56. The lowest BCUT2D eigenvalue weighted by Gasteiger charge is -2.13. The van der Waals surface area contributed by atoms with Crippen molar-refractivity contribution in [1.29, 1.82) is 0 Å².